The number of carbonyl (C=O) groups is 1. The van der Waals surface area contributed by atoms with Gasteiger partial charge in [-0.2, -0.15) is 0 Å². The molecule has 0 atom stereocenters. The minimum absolute atomic E-state index is 0.134. The number of benzene rings is 1. The number of carbonyl (C=O) groups excluding carboxylic acids is 1. The molecule has 1 aliphatic rings. The zero-order chi connectivity index (χ0) is 24.6. The van der Waals surface area contributed by atoms with Crippen LogP contribution in [0.15, 0.2) is 53.9 Å². The Hall–Kier alpha value is -3.40. The molecule has 3 heterocycles. The summed E-state index contributed by atoms with van der Waals surface area (Å²) in [5, 5.41) is 4.18. The Morgan fingerprint density at radius 1 is 1.00 bits per heavy atom. The fourth-order valence-electron chi connectivity index (χ4n) is 4.01. The fraction of sp³-hybridized carbons (Fsp3) is 0.400. The molecule has 184 valence electrons. The fourth-order valence-corrected chi connectivity index (χ4v) is 4.59. The van der Waals surface area contributed by atoms with Gasteiger partial charge in [0.25, 0.3) is 5.91 Å². The number of nitrogens with zero attached hydrogens (tertiary/aromatic N) is 7. The smallest absolute Gasteiger partial charge is 0.291 e. The number of hydrogen-bond donors (Lipinski definition) is 1. The van der Waals surface area contributed by atoms with Crippen molar-refractivity contribution in [1.82, 2.24) is 24.8 Å². The van der Waals surface area contributed by atoms with E-state index in [1.54, 1.807) is 35.1 Å². The zero-order valence-electron chi connectivity index (χ0n) is 20.5. The molecule has 0 radical (unpaired) electrons. The first kappa shape index (κ1) is 24.7. The summed E-state index contributed by atoms with van der Waals surface area (Å²) >= 11 is 1.62. The van der Waals surface area contributed by atoms with E-state index in [1.807, 2.05) is 6.07 Å². The second-order valence-corrected chi connectivity index (χ2v) is 9.25. The zero-order valence-corrected chi connectivity index (χ0v) is 21.3. The summed E-state index contributed by atoms with van der Waals surface area (Å²) < 4.78 is 0. The maximum absolute atomic E-state index is 12.7. The highest BCUT2D eigenvalue weighted by Crippen LogP contribution is 2.26. The lowest BCUT2D eigenvalue weighted by Crippen LogP contribution is -2.49. The van der Waals surface area contributed by atoms with Crippen LogP contribution in [-0.2, 0) is 0 Å². The van der Waals surface area contributed by atoms with E-state index in [9.17, 15) is 4.79 Å². The predicted molar refractivity (Wildman–Crippen MR) is 142 cm³/mol. The molecule has 35 heavy (non-hydrogen) atoms. The number of piperazine rings is 1. The molecule has 10 heteroatoms. The van der Waals surface area contributed by atoms with Gasteiger partial charge < -0.3 is 20.0 Å². The molecule has 1 fully saturated rings. The summed E-state index contributed by atoms with van der Waals surface area (Å²) in [5.41, 5.74) is 2.19. The molecule has 1 aliphatic heterocycles. The van der Waals surface area contributed by atoms with Gasteiger partial charge in [0.2, 0.25) is 5.82 Å². The predicted octanol–water partition coefficient (Wildman–Crippen LogP) is 3.93. The minimum Gasteiger partial charge on any atom is -0.372 e. The minimum atomic E-state index is -0.134. The maximum Gasteiger partial charge on any atom is 0.291 e. The topological polar surface area (TPSA) is 90.4 Å². The van der Waals surface area contributed by atoms with Gasteiger partial charge in [-0.25, -0.2) is 19.9 Å². The van der Waals surface area contributed by atoms with Crippen molar-refractivity contribution in [2.75, 3.05) is 60.1 Å². The number of nitrogens with one attached hydrogen (secondary N) is 1. The van der Waals surface area contributed by atoms with Crippen LogP contribution in [-0.4, -0.2) is 75.8 Å². The highest BCUT2D eigenvalue weighted by molar-refractivity contribution is 7.99. The quantitative estimate of drug-likeness (QED) is 0.352. The van der Waals surface area contributed by atoms with E-state index >= 15 is 0 Å². The van der Waals surface area contributed by atoms with Gasteiger partial charge in [0, 0.05) is 69.1 Å². The Morgan fingerprint density at radius 3 is 2.31 bits per heavy atom. The van der Waals surface area contributed by atoms with E-state index in [-0.39, 0.29) is 11.7 Å². The van der Waals surface area contributed by atoms with Crippen LogP contribution in [0.3, 0.4) is 0 Å². The first-order chi connectivity index (χ1) is 17.1. The first-order valence-electron chi connectivity index (χ1n) is 12.1. The maximum atomic E-state index is 12.7. The van der Waals surface area contributed by atoms with Crippen molar-refractivity contribution in [2.45, 2.75) is 25.9 Å². The second kappa shape index (κ2) is 11.8. The molecule has 0 bridgehead atoms. The summed E-state index contributed by atoms with van der Waals surface area (Å²) in [6.45, 7) is 10.9. The van der Waals surface area contributed by atoms with E-state index in [0.29, 0.717) is 26.2 Å². The Labute approximate surface area is 211 Å². The van der Waals surface area contributed by atoms with Crippen LogP contribution in [0.1, 0.15) is 31.4 Å². The molecule has 0 aliphatic carbocycles. The summed E-state index contributed by atoms with van der Waals surface area (Å²) in [6.07, 6.45) is 3.19. The van der Waals surface area contributed by atoms with Gasteiger partial charge in [-0.15, -0.1) is 0 Å². The number of amides is 1. The standard InChI is InChI=1S/C25H32N8OS/c1-4-31(5-2)20-10-8-19(9-11-20)28-21-18-22(30-25(29-21)35-6-3)32-14-16-33(17-15-32)24(34)23-26-12-7-13-27-23/h7-13,18H,4-6,14-17H2,1-3H3,(H,28,29,30). The van der Waals surface area contributed by atoms with Crippen LogP contribution in [0.5, 0.6) is 0 Å². The third-order valence-corrected chi connectivity index (χ3v) is 6.61. The van der Waals surface area contributed by atoms with Gasteiger partial charge in [-0.05, 0) is 49.9 Å². The van der Waals surface area contributed by atoms with Crippen molar-refractivity contribution in [3.05, 3.63) is 54.6 Å². The largest absolute Gasteiger partial charge is 0.372 e. The van der Waals surface area contributed by atoms with E-state index < -0.39 is 0 Å². The van der Waals surface area contributed by atoms with Crippen LogP contribution in [0.4, 0.5) is 23.0 Å². The molecule has 0 saturated carbocycles. The lowest BCUT2D eigenvalue weighted by molar-refractivity contribution is 0.0734. The molecule has 2 aromatic heterocycles. The molecule has 1 aromatic carbocycles. The molecule has 1 saturated heterocycles. The van der Waals surface area contributed by atoms with Crippen molar-refractivity contribution in [3.63, 3.8) is 0 Å². The Bertz CT molecular complexity index is 1100. The number of anilines is 4. The van der Waals surface area contributed by atoms with Gasteiger partial charge in [0.15, 0.2) is 5.16 Å². The van der Waals surface area contributed by atoms with Crippen LogP contribution in [0.25, 0.3) is 0 Å². The summed E-state index contributed by atoms with van der Waals surface area (Å²) in [5.74, 6) is 2.62. The molecule has 0 unspecified atom stereocenters. The van der Waals surface area contributed by atoms with Gasteiger partial charge in [0.1, 0.15) is 11.6 Å². The van der Waals surface area contributed by atoms with Gasteiger partial charge in [-0.1, -0.05) is 18.7 Å². The highest BCUT2D eigenvalue weighted by atomic mass is 32.2. The highest BCUT2D eigenvalue weighted by Gasteiger charge is 2.25. The third-order valence-electron chi connectivity index (χ3n) is 5.88. The first-order valence-corrected chi connectivity index (χ1v) is 13.0. The van der Waals surface area contributed by atoms with Crippen molar-refractivity contribution in [3.8, 4) is 0 Å². The van der Waals surface area contributed by atoms with E-state index in [2.05, 4.69) is 70.1 Å². The van der Waals surface area contributed by atoms with E-state index in [1.165, 1.54) is 5.69 Å². The van der Waals surface area contributed by atoms with Crippen LogP contribution in [0, 0.1) is 0 Å². The van der Waals surface area contributed by atoms with Gasteiger partial charge in [0.05, 0.1) is 0 Å². The molecule has 3 aromatic rings. The average molecular weight is 493 g/mol. The third kappa shape index (κ3) is 6.19. The van der Waals surface area contributed by atoms with Gasteiger partial charge in [-0.3, -0.25) is 4.79 Å². The number of rotatable bonds is 9. The molecule has 9 nitrogen and oxygen atoms in total. The SMILES string of the molecule is CCSc1nc(Nc2ccc(N(CC)CC)cc2)cc(N2CCN(C(=O)c3ncccn3)CC2)n1. The van der Waals surface area contributed by atoms with Crippen LogP contribution in [0.2, 0.25) is 0 Å². The van der Waals surface area contributed by atoms with Crippen molar-refractivity contribution >= 4 is 40.7 Å². The summed E-state index contributed by atoms with van der Waals surface area (Å²) in [7, 11) is 0. The number of thioether (sulfide) groups is 1. The lowest BCUT2D eigenvalue weighted by atomic mass is 10.2. The van der Waals surface area contributed by atoms with Crippen molar-refractivity contribution < 1.29 is 4.79 Å². The Kier molecular flexibility index (Phi) is 8.36. The van der Waals surface area contributed by atoms with Gasteiger partial charge >= 0.3 is 0 Å². The molecular formula is C25H32N8OS. The number of aromatic nitrogens is 4. The van der Waals surface area contributed by atoms with E-state index in [0.717, 1.165) is 41.3 Å². The Balaban J connectivity index is 1.46. The molecule has 1 amide bonds. The molecule has 1 N–H and O–H groups in total. The number of hydrogen-bond acceptors (Lipinski definition) is 9. The van der Waals surface area contributed by atoms with Crippen LogP contribution < -0.4 is 15.1 Å². The van der Waals surface area contributed by atoms with Crippen molar-refractivity contribution in [2.24, 2.45) is 0 Å². The molecule has 4 rings (SSSR count). The Morgan fingerprint density at radius 2 is 1.69 bits per heavy atom. The second-order valence-electron chi connectivity index (χ2n) is 8.02. The average Bonchev–Trinajstić information content (AvgIpc) is 2.90. The van der Waals surface area contributed by atoms with E-state index in [4.69, 9.17) is 9.97 Å². The summed E-state index contributed by atoms with van der Waals surface area (Å²) in [6, 6.07) is 12.1. The lowest BCUT2D eigenvalue weighted by Gasteiger charge is -2.35. The van der Waals surface area contributed by atoms with Crippen molar-refractivity contribution in [1.29, 1.82) is 0 Å². The monoisotopic (exact) mass is 492 g/mol. The normalized spacial score (nSPS) is 13.6. The molecular weight excluding hydrogens is 460 g/mol. The molecule has 0 spiro atoms. The summed E-state index contributed by atoms with van der Waals surface area (Å²) in [4.78, 5) is 36.7. The van der Waals surface area contributed by atoms with Crippen LogP contribution >= 0.6 is 11.8 Å².